The Bertz CT molecular complexity index is 807. The van der Waals surface area contributed by atoms with Gasteiger partial charge in [-0.3, -0.25) is 19.8 Å². The molecule has 31 heavy (non-hydrogen) atoms. The van der Waals surface area contributed by atoms with E-state index in [0.29, 0.717) is 25.4 Å². The van der Waals surface area contributed by atoms with Crippen molar-refractivity contribution in [3.05, 3.63) is 23.8 Å². The Morgan fingerprint density at radius 3 is 2.45 bits per heavy atom. The molecule has 7 nitrogen and oxygen atoms in total. The summed E-state index contributed by atoms with van der Waals surface area (Å²) in [7, 11) is 0. The van der Waals surface area contributed by atoms with Crippen molar-refractivity contribution < 1.29 is 18.4 Å². The van der Waals surface area contributed by atoms with E-state index in [4.69, 9.17) is 0 Å². The molecule has 170 valence electrons. The third kappa shape index (κ3) is 5.15. The summed E-state index contributed by atoms with van der Waals surface area (Å²) in [5, 5.41) is 8.47. The number of piperazine rings is 1. The third-order valence-electron chi connectivity index (χ3n) is 6.63. The maximum atomic E-state index is 14.9. The second kappa shape index (κ2) is 9.48. The van der Waals surface area contributed by atoms with Crippen molar-refractivity contribution in [2.24, 2.45) is 5.92 Å². The minimum atomic E-state index is -0.680. The maximum Gasteiger partial charge on any atom is 0.249 e. The number of halogens is 2. The second-order valence-electron chi connectivity index (χ2n) is 8.92. The van der Waals surface area contributed by atoms with Gasteiger partial charge in [-0.05, 0) is 57.3 Å². The highest BCUT2D eigenvalue weighted by molar-refractivity contribution is 6.01. The summed E-state index contributed by atoms with van der Waals surface area (Å²) >= 11 is 0. The van der Waals surface area contributed by atoms with E-state index in [-0.39, 0.29) is 29.7 Å². The Morgan fingerprint density at radius 2 is 1.81 bits per heavy atom. The van der Waals surface area contributed by atoms with Crippen molar-refractivity contribution >= 4 is 23.2 Å². The monoisotopic (exact) mass is 435 g/mol. The minimum Gasteiger partial charge on any atom is -0.373 e. The summed E-state index contributed by atoms with van der Waals surface area (Å²) in [6.45, 7) is 7.20. The number of piperidine rings is 2. The second-order valence-corrected chi connectivity index (χ2v) is 8.92. The van der Waals surface area contributed by atoms with E-state index in [1.54, 1.807) is 4.90 Å². The molecule has 2 unspecified atom stereocenters. The van der Waals surface area contributed by atoms with E-state index in [1.807, 2.05) is 0 Å². The number of imide groups is 1. The molecule has 1 aromatic carbocycles. The van der Waals surface area contributed by atoms with Crippen LogP contribution in [0.15, 0.2) is 12.1 Å². The van der Waals surface area contributed by atoms with Crippen LogP contribution in [-0.2, 0) is 9.59 Å². The summed E-state index contributed by atoms with van der Waals surface area (Å²) in [6, 6.07) is 1.99. The number of nitrogens with zero attached hydrogens (tertiary/aromatic N) is 2. The van der Waals surface area contributed by atoms with Gasteiger partial charge in [-0.15, -0.1) is 0 Å². The van der Waals surface area contributed by atoms with E-state index in [9.17, 15) is 18.4 Å². The van der Waals surface area contributed by atoms with Crippen LogP contribution >= 0.6 is 0 Å². The smallest absolute Gasteiger partial charge is 0.249 e. The molecule has 0 bridgehead atoms. The fourth-order valence-corrected chi connectivity index (χ4v) is 4.85. The van der Waals surface area contributed by atoms with Crippen molar-refractivity contribution in [3.63, 3.8) is 0 Å². The van der Waals surface area contributed by atoms with Gasteiger partial charge in [0.25, 0.3) is 0 Å². The Morgan fingerprint density at radius 1 is 1.10 bits per heavy atom. The summed E-state index contributed by atoms with van der Waals surface area (Å²) in [6.07, 6.45) is 2.85. The SMILES string of the molecule is CC1CN(c2c(F)cc(NC3CCC(=O)NC3=O)cc2F)CCN1CC1CCNCC1. The van der Waals surface area contributed by atoms with Gasteiger partial charge in [-0.2, -0.15) is 0 Å². The molecular formula is C22H31F2N5O2. The lowest BCUT2D eigenvalue weighted by atomic mass is 9.96. The Kier molecular flexibility index (Phi) is 6.71. The predicted octanol–water partition coefficient (Wildman–Crippen LogP) is 1.69. The van der Waals surface area contributed by atoms with Crippen LogP contribution < -0.4 is 20.9 Å². The molecule has 0 aromatic heterocycles. The zero-order valence-electron chi connectivity index (χ0n) is 17.9. The molecule has 1 aromatic rings. The number of hydrogen-bond acceptors (Lipinski definition) is 6. The van der Waals surface area contributed by atoms with Crippen molar-refractivity contribution in [1.82, 2.24) is 15.5 Å². The van der Waals surface area contributed by atoms with Crippen molar-refractivity contribution in [2.75, 3.05) is 49.5 Å². The largest absolute Gasteiger partial charge is 0.373 e. The molecule has 2 atom stereocenters. The van der Waals surface area contributed by atoms with Gasteiger partial charge in [0, 0.05) is 44.3 Å². The lowest BCUT2D eigenvalue weighted by molar-refractivity contribution is -0.133. The van der Waals surface area contributed by atoms with Crippen molar-refractivity contribution in [1.29, 1.82) is 0 Å². The number of amides is 2. The number of nitrogens with one attached hydrogen (secondary N) is 3. The molecule has 0 aliphatic carbocycles. The van der Waals surface area contributed by atoms with Gasteiger partial charge in [0.05, 0.1) is 0 Å². The standard InChI is InChI=1S/C22H31F2N5O2/c1-14-12-29(9-8-28(14)13-15-4-6-25-7-5-15)21-17(23)10-16(11-18(21)24)26-19-2-3-20(30)27-22(19)31/h10-11,14-15,19,25-26H,2-9,12-13H2,1H3,(H,27,30,31). The first kappa shape index (κ1) is 22.0. The third-order valence-corrected chi connectivity index (χ3v) is 6.63. The van der Waals surface area contributed by atoms with Gasteiger partial charge in [0.15, 0.2) is 11.6 Å². The molecule has 3 aliphatic rings. The highest BCUT2D eigenvalue weighted by Crippen LogP contribution is 2.30. The molecule has 3 saturated heterocycles. The molecule has 0 radical (unpaired) electrons. The normalized spacial score (nSPS) is 26.1. The zero-order chi connectivity index (χ0) is 22.0. The van der Waals surface area contributed by atoms with Gasteiger partial charge in [0.2, 0.25) is 11.8 Å². The number of carbonyl (C=O) groups excluding carboxylic acids is 2. The number of benzene rings is 1. The molecule has 4 rings (SSSR count). The molecule has 3 N–H and O–H groups in total. The fraction of sp³-hybridized carbons (Fsp3) is 0.636. The molecular weight excluding hydrogens is 404 g/mol. The Labute approximate surface area is 181 Å². The quantitative estimate of drug-likeness (QED) is 0.612. The van der Waals surface area contributed by atoms with E-state index >= 15 is 0 Å². The van der Waals surface area contributed by atoms with Crippen LogP contribution in [-0.4, -0.2) is 68.1 Å². The number of anilines is 2. The molecule has 3 heterocycles. The van der Waals surface area contributed by atoms with Crippen molar-refractivity contribution in [3.8, 4) is 0 Å². The van der Waals surface area contributed by atoms with Crippen LogP contribution in [0.5, 0.6) is 0 Å². The molecule has 0 spiro atoms. The number of hydrogen-bond donors (Lipinski definition) is 3. The predicted molar refractivity (Wildman–Crippen MR) is 115 cm³/mol. The molecule has 3 fully saturated rings. The van der Waals surface area contributed by atoms with E-state index in [2.05, 4.69) is 27.8 Å². The van der Waals surface area contributed by atoms with Crippen LogP contribution in [0.1, 0.15) is 32.6 Å². The average Bonchev–Trinajstić information content (AvgIpc) is 2.72. The molecule has 3 aliphatic heterocycles. The highest BCUT2D eigenvalue weighted by Gasteiger charge is 2.30. The summed E-state index contributed by atoms with van der Waals surface area (Å²) < 4.78 is 29.8. The lowest BCUT2D eigenvalue weighted by Crippen LogP contribution is -2.54. The van der Waals surface area contributed by atoms with Gasteiger partial charge >= 0.3 is 0 Å². The summed E-state index contributed by atoms with van der Waals surface area (Å²) in [5.41, 5.74) is 0.188. The Hall–Kier alpha value is -2.26. The summed E-state index contributed by atoms with van der Waals surface area (Å²) in [4.78, 5) is 27.4. The number of carbonyl (C=O) groups is 2. The van der Waals surface area contributed by atoms with E-state index < -0.39 is 23.6 Å². The maximum absolute atomic E-state index is 14.9. The van der Waals surface area contributed by atoms with E-state index in [0.717, 1.165) is 26.2 Å². The van der Waals surface area contributed by atoms with Gasteiger partial charge in [0.1, 0.15) is 11.7 Å². The topological polar surface area (TPSA) is 76.7 Å². The highest BCUT2D eigenvalue weighted by atomic mass is 19.1. The van der Waals surface area contributed by atoms with Gasteiger partial charge in [-0.1, -0.05) is 0 Å². The van der Waals surface area contributed by atoms with Crippen LogP contribution in [0.3, 0.4) is 0 Å². The van der Waals surface area contributed by atoms with Gasteiger partial charge in [-0.25, -0.2) is 8.78 Å². The van der Waals surface area contributed by atoms with E-state index in [1.165, 1.54) is 25.0 Å². The summed E-state index contributed by atoms with van der Waals surface area (Å²) in [5.74, 6) is -1.41. The van der Waals surface area contributed by atoms with Crippen LogP contribution in [0.2, 0.25) is 0 Å². The first-order valence-corrected chi connectivity index (χ1v) is 11.2. The van der Waals surface area contributed by atoms with Crippen LogP contribution in [0.4, 0.5) is 20.2 Å². The van der Waals surface area contributed by atoms with Crippen LogP contribution in [0.25, 0.3) is 0 Å². The molecule has 2 amide bonds. The van der Waals surface area contributed by atoms with Gasteiger partial charge < -0.3 is 15.5 Å². The first-order chi connectivity index (χ1) is 14.9. The van der Waals surface area contributed by atoms with Crippen LogP contribution in [0, 0.1) is 17.6 Å². The zero-order valence-corrected chi connectivity index (χ0v) is 17.9. The molecule has 0 saturated carbocycles. The fourth-order valence-electron chi connectivity index (χ4n) is 4.85. The van der Waals surface area contributed by atoms with Crippen molar-refractivity contribution in [2.45, 2.75) is 44.7 Å². The Balaban J connectivity index is 1.39. The lowest BCUT2D eigenvalue weighted by Gasteiger charge is -2.43. The first-order valence-electron chi connectivity index (χ1n) is 11.2. The molecule has 9 heteroatoms. The average molecular weight is 436 g/mol. The number of rotatable bonds is 5. The minimum absolute atomic E-state index is 0.0119.